The molecule has 0 amide bonds. The SMILES string of the molecule is [2H]CCCCCCC=C(O)C1(OC)O[C@H](CO)[C@@H](O)[C@@H]1O. The van der Waals surface area contributed by atoms with Crippen molar-refractivity contribution in [2.24, 2.45) is 0 Å². The number of ether oxygens (including phenoxy) is 2. The molecule has 1 unspecified atom stereocenters. The highest BCUT2D eigenvalue weighted by Crippen LogP contribution is 2.37. The van der Waals surface area contributed by atoms with Gasteiger partial charge < -0.3 is 29.9 Å². The fourth-order valence-corrected chi connectivity index (χ4v) is 2.30. The fourth-order valence-electron chi connectivity index (χ4n) is 2.30. The van der Waals surface area contributed by atoms with E-state index in [9.17, 15) is 15.3 Å². The average molecular weight is 291 g/mol. The lowest BCUT2D eigenvalue weighted by Gasteiger charge is -2.29. The lowest BCUT2D eigenvalue weighted by molar-refractivity contribution is -0.237. The molecule has 1 rings (SSSR count). The van der Waals surface area contributed by atoms with Gasteiger partial charge in [-0.05, 0) is 18.9 Å². The highest BCUT2D eigenvalue weighted by molar-refractivity contribution is 5.14. The minimum Gasteiger partial charge on any atom is -0.507 e. The zero-order chi connectivity index (χ0) is 15.9. The number of hydrogen-bond acceptors (Lipinski definition) is 6. The van der Waals surface area contributed by atoms with Crippen LogP contribution in [0.5, 0.6) is 0 Å². The first-order valence-corrected chi connectivity index (χ1v) is 6.92. The summed E-state index contributed by atoms with van der Waals surface area (Å²) >= 11 is 0. The molecule has 0 aromatic heterocycles. The van der Waals surface area contributed by atoms with E-state index >= 15 is 0 Å². The molecule has 118 valence electrons. The second kappa shape index (κ2) is 7.95. The zero-order valence-electron chi connectivity index (χ0n) is 12.9. The molecule has 1 aliphatic rings. The van der Waals surface area contributed by atoms with Crippen molar-refractivity contribution in [3.05, 3.63) is 11.8 Å². The number of methoxy groups -OCH3 is 1. The molecule has 0 aromatic carbocycles. The third kappa shape index (κ3) is 3.51. The van der Waals surface area contributed by atoms with Crippen molar-refractivity contribution in [2.75, 3.05) is 13.7 Å². The Labute approximate surface area is 121 Å². The van der Waals surface area contributed by atoms with Crippen molar-refractivity contribution >= 4 is 0 Å². The third-order valence-electron chi connectivity index (χ3n) is 3.55. The van der Waals surface area contributed by atoms with Gasteiger partial charge in [-0.25, -0.2) is 0 Å². The van der Waals surface area contributed by atoms with Crippen LogP contribution in [0.2, 0.25) is 0 Å². The maximum Gasteiger partial charge on any atom is 0.257 e. The molecule has 1 fully saturated rings. The molecule has 20 heavy (non-hydrogen) atoms. The second-order valence-corrected chi connectivity index (χ2v) is 4.94. The van der Waals surface area contributed by atoms with Gasteiger partial charge in [-0.15, -0.1) is 0 Å². The topological polar surface area (TPSA) is 99.4 Å². The van der Waals surface area contributed by atoms with Gasteiger partial charge in [0.2, 0.25) is 0 Å². The van der Waals surface area contributed by atoms with Crippen LogP contribution in [-0.2, 0) is 9.47 Å². The number of allylic oxidation sites excluding steroid dienone is 1. The zero-order valence-corrected chi connectivity index (χ0v) is 11.9. The van der Waals surface area contributed by atoms with E-state index < -0.39 is 30.7 Å². The number of aliphatic hydroxyl groups is 4. The van der Waals surface area contributed by atoms with Crippen molar-refractivity contribution in [2.45, 2.75) is 63.1 Å². The van der Waals surface area contributed by atoms with Gasteiger partial charge in [0, 0.05) is 8.48 Å². The molecular weight excluding hydrogens is 264 g/mol. The van der Waals surface area contributed by atoms with Gasteiger partial charge in [-0.2, -0.15) is 0 Å². The average Bonchev–Trinajstić information content (AvgIpc) is 2.75. The molecule has 0 aliphatic carbocycles. The molecule has 0 radical (unpaired) electrons. The van der Waals surface area contributed by atoms with Gasteiger partial charge in [-0.1, -0.05) is 26.2 Å². The Morgan fingerprint density at radius 3 is 2.70 bits per heavy atom. The predicted octanol–water partition coefficient (Wildman–Crippen LogP) is 0.854. The maximum absolute atomic E-state index is 10.1. The molecule has 0 aromatic rings. The van der Waals surface area contributed by atoms with Crippen LogP contribution in [0.4, 0.5) is 0 Å². The summed E-state index contributed by atoms with van der Waals surface area (Å²) in [6.45, 7) is -0.0575. The van der Waals surface area contributed by atoms with Gasteiger partial charge >= 0.3 is 0 Å². The molecule has 1 aliphatic heterocycles. The van der Waals surface area contributed by atoms with Crippen LogP contribution in [0.1, 0.15) is 40.4 Å². The standard InChI is InChI=1S/C14H26O6/c1-3-4-5-6-7-8-11(16)14(19-2)13(18)12(17)10(9-15)20-14/h8,10,12-13,15-18H,3-7,9H2,1-2H3/t10-,12-,13+,14?/m1/s1/i1D. The summed E-state index contributed by atoms with van der Waals surface area (Å²) in [6, 6.07) is 0. The Morgan fingerprint density at radius 2 is 2.15 bits per heavy atom. The predicted molar refractivity (Wildman–Crippen MR) is 73.2 cm³/mol. The normalized spacial score (nSPS) is 35.3. The molecule has 6 heteroatoms. The fraction of sp³-hybridized carbons (Fsp3) is 0.857. The van der Waals surface area contributed by atoms with Gasteiger partial charge in [0.15, 0.2) is 5.76 Å². The van der Waals surface area contributed by atoms with Gasteiger partial charge in [-0.3, -0.25) is 0 Å². The minimum absolute atomic E-state index is 0.298. The van der Waals surface area contributed by atoms with Crippen molar-refractivity contribution in [1.82, 2.24) is 0 Å². The van der Waals surface area contributed by atoms with Crippen LogP contribution < -0.4 is 0 Å². The summed E-state index contributed by atoms with van der Waals surface area (Å²) in [6.07, 6.45) is 1.89. The molecule has 1 heterocycles. The summed E-state index contributed by atoms with van der Waals surface area (Å²) < 4.78 is 17.4. The molecule has 4 atom stereocenters. The second-order valence-electron chi connectivity index (χ2n) is 4.94. The van der Waals surface area contributed by atoms with Crippen molar-refractivity contribution < 1.29 is 31.3 Å². The maximum atomic E-state index is 10.1. The van der Waals surface area contributed by atoms with E-state index in [1.54, 1.807) is 0 Å². The van der Waals surface area contributed by atoms with E-state index in [1.165, 1.54) is 13.2 Å². The van der Waals surface area contributed by atoms with Crippen LogP contribution >= 0.6 is 0 Å². The number of hydrogen-bond donors (Lipinski definition) is 4. The number of unbranched alkanes of at least 4 members (excludes halogenated alkanes) is 4. The molecule has 0 bridgehead atoms. The highest BCUT2D eigenvalue weighted by Gasteiger charge is 2.57. The van der Waals surface area contributed by atoms with Crippen molar-refractivity contribution in [1.29, 1.82) is 0 Å². The monoisotopic (exact) mass is 291 g/mol. The summed E-state index contributed by atoms with van der Waals surface area (Å²) in [5.74, 6) is -2.12. The number of aliphatic hydroxyl groups excluding tert-OH is 4. The van der Waals surface area contributed by atoms with Gasteiger partial charge in [0.1, 0.15) is 18.3 Å². The molecule has 0 saturated carbocycles. The van der Waals surface area contributed by atoms with Crippen LogP contribution in [0.3, 0.4) is 0 Å². The lowest BCUT2D eigenvalue weighted by atomic mass is 10.0. The van der Waals surface area contributed by atoms with E-state index in [1.807, 2.05) is 0 Å². The number of rotatable bonds is 8. The summed E-state index contributed by atoms with van der Waals surface area (Å²) in [4.78, 5) is 0. The summed E-state index contributed by atoms with van der Waals surface area (Å²) in [5, 5.41) is 39.0. The van der Waals surface area contributed by atoms with Crippen molar-refractivity contribution in [3.8, 4) is 0 Å². The Morgan fingerprint density at radius 1 is 1.40 bits per heavy atom. The third-order valence-corrected chi connectivity index (χ3v) is 3.55. The molecule has 4 N–H and O–H groups in total. The van der Waals surface area contributed by atoms with Crippen LogP contribution in [0, 0.1) is 0 Å². The Hall–Kier alpha value is -0.660. The van der Waals surface area contributed by atoms with E-state index in [2.05, 4.69) is 0 Å². The van der Waals surface area contributed by atoms with Gasteiger partial charge in [0.05, 0.1) is 6.61 Å². The smallest absolute Gasteiger partial charge is 0.257 e. The quantitative estimate of drug-likeness (QED) is 0.391. The summed E-state index contributed by atoms with van der Waals surface area (Å²) in [5.41, 5.74) is 0. The Bertz CT molecular complexity index is 337. The molecule has 6 nitrogen and oxygen atoms in total. The summed E-state index contributed by atoms with van der Waals surface area (Å²) in [7, 11) is 1.26. The Kier molecular flexibility index (Phi) is 6.25. The molecular formula is C14H26O6. The van der Waals surface area contributed by atoms with Crippen LogP contribution in [0.25, 0.3) is 0 Å². The molecule has 1 saturated heterocycles. The van der Waals surface area contributed by atoms with E-state index in [4.69, 9.17) is 16.0 Å². The lowest BCUT2D eigenvalue weighted by Crippen LogP contribution is -2.46. The van der Waals surface area contributed by atoms with E-state index in [-0.39, 0.29) is 5.76 Å². The van der Waals surface area contributed by atoms with Crippen LogP contribution in [0.15, 0.2) is 11.8 Å². The Balaban J connectivity index is 2.62. The van der Waals surface area contributed by atoms with E-state index in [0.717, 1.165) is 25.7 Å². The first-order chi connectivity index (χ1) is 10.0. The van der Waals surface area contributed by atoms with Gasteiger partial charge in [0.25, 0.3) is 5.79 Å². The van der Waals surface area contributed by atoms with E-state index in [0.29, 0.717) is 13.3 Å². The first kappa shape index (κ1) is 15.7. The molecule has 0 spiro atoms. The highest BCUT2D eigenvalue weighted by atomic mass is 16.7. The first-order valence-electron chi connectivity index (χ1n) is 7.63. The van der Waals surface area contributed by atoms with Crippen LogP contribution in [-0.4, -0.2) is 58.2 Å². The largest absolute Gasteiger partial charge is 0.507 e. The van der Waals surface area contributed by atoms with Crippen molar-refractivity contribution in [3.63, 3.8) is 0 Å². The minimum atomic E-state index is -1.83.